The molecular formula is C19H19N3O2. The van der Waals surface area contributed by atoms with E-state index in [-0.39, 0.29) is 5.91 Å². The molecule has 5 nitrogen and oxygen atoms in total. The van der Waals surface area contributed by atoms with Gasteiger partial charge in [-0.3, -0.25) is 4.79 Å². The Morgan fingerprint density at radius 3 is 2.54 bits per heavy atom. The lowest BCUT2D eigenvalue weighted by atomic mass is 10.1. The Balaban J connectivity index is 1.66. The predicted molar refractivity (Wildman–Crippen MR) is 91.1 cm³/mol. The number of carbonyl (C=O) groups excluding carboxylic acids is 1. The van der Waals surface area contributed by atoms with Crippen LogP contribution in [0.2, 0.25) is 0 Å². The van der Waals surface area contributed by atoms with Crippen molar-refractivity contribution in [3.63, 3.8) is 0 Å². The van der Waals surface area contributed by atoms with E-state index in [9.17, 15) is 4.79 Å². The highest BCUT2D eigenvalue weighted by molar-refractivity contribution is 5.78. The van der Waals surface area contributed by atoms with Gasteiger partial charge in [-0.1, -0.05) is 59.8 Å². The minimum absolute atomic E-state index is 0.0110. The van der Waals surface area contributed by atoms with Gasteiger partial charge in [0.25, 0.3) is 0 Å². The summed E-state index contributed by atoms with van der Waals surface area (Å²) < 4.78 is 5.29. The lowest BCUT2D eigenvalue weighted by molar-refractivity contribution is -0.130. The third-order valence-electron chi connectivity index (χ3n) is 3.85. The van der Waals surface area contributed by atoms with Crippen molar-refractivity contribution in [1.82, 2.24) is 15.0 Å². The van der Waals surface area contributed by atoms with E-state index >= 15 is 0 Å². The van der Waals surface area contributed by atoms with Crippen molar-refractivity contribution in [3.05, 3.63) is 71.6 Å². The topological polar surface area (TPSA) is 59.2 Å². The van der Waals surface area contributed by atoms with Gasteiger partial charge in [0.05, 0.1) is 13.0 Å². The zero-order valence-electron chi connectivity index (χ0n) is 13.8. The molecule has 0 saturated heterocycles. The van der Waals surface area contributed by atoms with Crippen LogP contribution < -0.4 is 0 Å². The van der Waals surface area contributed by atoms with Crippen LogP contribution >= 0.6 is 0 Å². The van der Waals surface area contributed by atoms with Crippen molar-refractivity contribution >= 4 is 5.91 Å². The smallest absolute Gasteiger partial charge is 0.246 e. The lowest BCUT2D eigenvalue weighted by Crippen LogP contribution is -2.27. The number of carbonyl (C=O) groups is 1. The van der Waals surface area contributed by atoms with Crippen molar-refractivity contribution in [2.45, 2.75) is 19.9 Å². The quantitative estimate of drug-likeness (QED) is 0.724. The van der Waals surface area contributed by atoms with Crippen LogP contribution in [0.3, 0.4) is 0 Å². The first-order valence-corrected chi connectivity index (χ1v) is 7.80. The van der Waals surface area contributed by atoms with Crippen molar-refractivity contribution in [1.29, 1.82) is 0 Å². The minimum Gasteiger partial charge on any atom is -0.337 e. The molecule has 0 N–H and O–H groups in total. The van der Waals surface area contributed by atoms with Crippen molar-refractivity contribution in [2.24, 2.45) is 0 Å². The van der Waals surface area contributed by atoms with Gasteiger partial charge < -0.3 is 9.42 Å². The van der Waals surface area contributed by atoms with E-state index in [0.29, 0.717) is 24.7 Å². The fourth-order valence-electron chi connectivity index (χ4n) is 2.45. The number of hydrogen-bond donors (Lipinski definition) is 0. The Labute approximate surface area is 140 Å². The molecular weight excluding hydrogens is 302 g/mol. The number of nitrogens with zero attached hydrogens (tertiary/aromatic N) is 3. The molecule has 2 aromatic carbocycles. The normalized spacial score (nSPS) is 10.6. The first-order chi connectivity index (χ1) is 11.6. The first-order valence-electron chi connectivity index (χ1n) is 7.80. The van der Waals surface area contributed by atoms with Gasteiger partial charge in [-0.25, -0.2) is 0 Å². The van der Waals surface area contributed by atoms with Crippen LogP contribution in [0.15, 0.2) is 59.1 Å². The molecule has 0 aliphatic heterocycles. The third kappa shape index (κ3) is 3.68. The van der Waals surface area contributed by atoms with Gasteiger partial charge >= 0.3 is 0 Å². The molecule has 0 aliphatic rings. The van der Waals surface area contributed by atoms with E-state index < -0.39 is 0 Å². The Morgan fingerprint density at radius 2 is 1.79 bits per heavy atom. The SMILES string of the molecule is Cc1ccccc1-c1noc(CN(C)C(=O)Cc2ccccc2)n1. The Morgan fingerprint density at radius 1 is 1.08 bits per heavy atom. The standard InChI is InChI=1S/C19H19N3O2/c1-14-8-6-7-11-16(14)19-20-17(24-21-19)13-22(2)18(23)12-15-9-4-3-5-10-15/h3-11H,12-13H2,1-2H3. The highest BCUT2D eigenvalue weighted by Gasteiger charge is 2.15. The van der Waals surface area contributed by atoms with Gasteiger partial charge in [-0.05, 0) is 18.1 Å². The number of likely N-dealkylation sites (N-methyl/N-ethyl adjacent to an activating group) is 1. The van der Waals surface area contributed by atoms with E-state index in [1.54, 1.807) is 11.9 Å². The molecule has 0 saturated carbocycles. The fourth-order valence-corrected chi connectivity index (χ4v) is 2.45. The van der Waals surface area contributed by atoms with E-state index in [4.69, 9.17) is 4.52 Å². The molecule has 0 radical (unpaired) electrons. The van der Waals surface area contributed by atoms with E-state index in [1.807, 2.05) is 61.5 Å². The Hall–Kier alpha value is -2.95. The maximum atomic E-state index is 12.3. The van der Waals surface area contributed by atoms with Crippen LogP contribution in [0.4, 0.5) is 0 Å². The second kappa shape index (κ2) is 7.08. The average Bonchev–Trinajstić information content (AvgIpc) is 3.04. The van der Waals surface area contributed by atoms with E-state index in [2.05, 4.69) is 10.1 Å². The molecule has 5 heteroatoms. The number of benzene rings is 2. The average molecular weight is 321 g/mol. The summed E-state index contributed by atoms with van der Waals surface area (Å²) in [5.41, 5.74) is 3.00. The van der Waals surface area contributed by atoms with Gasteiger partial charge in [-0.2, -0.15) is 4.98 Å². The highest BCUT2D eigenvalue weighted by Crippen LogP contribution is 2.20. The van der Waals surface area contributed by atoms with Crippen molar-refractivity contribution in [3.8, 4) is 11.4 Å². The zero-order chi connectivity index (χ0) is 16.9. The van der Waals surface area contributed by atoms with Crippen LogP contribution in [-0.2, 0) is 17.8 Å². The number of aromatic nitrogens is 2. The summed E-state index contributed by atoms with van der Waals surface area (Å²) in [5, 5.41) is 4.02. The molecule has 0 unspecified atom stereocenters. The minimum atomic E-state index is 0.0110. The van der Waals surface area contributed by atoms with Crippen LogP contribution in [0, 0.1) is 6.92 Å². The molecule has 0 aliphatic carbocycles. The van der Waals surface area contributed by atoms with Crippen LogP contribution in [0.5, 0.6) is 0 Å². The van der Waals surface area contributed by atoms with Crippen LogP contribution in [0.1, 0.15) is 17.0 Å². The molecule has 24 heavy (non-hydrogen) atoms. The molecule has 3 aromatic rings. The van der Waals surface area contributed by atoms with Crippen LogP contribution in [0.25, 0.3) is 11.4 Å². The molecule has 122 valence electrons. The lowest BCUT2D eigenvalue weighted by Gasteiger charge is -2.14. The Kier molecular flexibility index (Phi) is 4.70. The van der Waals surface area contributed by atoms with Gasteiger partial charge in [0.1, 0.15) is 0 Å². The summed E-state index contributed by atoms with van der Waals surface area (Å²) in [5.74, 6) is 0.987. The molecule has 1 aromatic heterocycles. The summed E-state index contributed by atoms with van der Waals surface area (Å²) in [6.07, 6.45) is 0.357. The van der Waals surface area contributed by atoms with Crippen molar-refractivity contribution in [2.75, 3.05) is 7.05 Å². The second-order valence-electron chi connectivity index (χ2n) is 5.74. The number of aryl methyl sites for hydroxylation is 1. The van der Waals surface area contributed by atoms with Crippen molar-refractivity contribution < 1.29 is 9.32 Å². The van der Waals surface area contributed by atoms with E-state index in [1.165, 1.54) is 0 Å². The molecule has 1 amide bonds. The monoisotopic (exact) mass is 321 g/mol. The number of rotatable bonds is 5. The third-order valence-corrected chi connectivity index (χ3v) is 3.85. The van der Waals surface area contributed by atoms with Gasteiger partial charge in [0.2, 0.25) is 17.6 Å². The summed E-state index contributed by atoms with van der Waals surface area (Å²) >= 11 is 0. The van der Waals surface area contributed by atoms with Gasteiger partial charge in [0.15, 0.2) is 0 Å². The molecule has 0 spiro atoms. The fraction of sp³-hybridized carbons (Fsp3) is 0.211. The van der Waals surface area contributed by atoms with E-state index in [0.717, 1.165) is 16.7 Å². The summed E-state index contributed by atoms with van der Waals surface area (Å²) in [4.78, 5) is 18.3. The molecule has 3 rings (SSSR count). The van der Waals surface area contributed by atoms with Gasteiger partial charge in [0, 0.05) is 12.6 Å². The number of amides is 1. The van der Waals surface area contributed by atoms with Gasteiger partial charge in [-0.15, -0.1) is 0 Å². The highest BCUT2D eigenvalue weighted by atomic mass is 16.5. The first kappa shape index (κ1) is 15.9. The largest absolute Gasteiger partial charge is 0.337 e. The summed E-state index contributed by atoms with van der Waals surface area (Å²) in [6.45, 7) is 2.30. The van der Waals surface area contributed by atoms with Crippen LogP contribution in [-0.4, -0.2) is 28.0 Å². The summed E-state index contributed by atoms with van der Waals surface area (Å²) in [6, 6.07) is 17.5. The molecule has 1 heterocycles. The maximum absolute atomic E-state index is 12.3. The zero-order valence-corrected chi connectivity index (χ0v) is 13.8. The summed E-state index contributed by atoms with van der Waals surface area (Å²) in [7, 11) is 1.74. The maximum Gasteiger partial charge on any atom is 0.246 e. The Bertz CT molecular complexity index is 827. The molecule has 0 bridgehead atoms. The second-order valence-corrected chi connectivity index (χ2v) is 5.74. The number of hydrogen-bond acceptors (Lipinski definition) is 4. The predicted octanol–water partition coefficient (Wildman–Crippen LogP) is 3.25. The molecule has 0 fully saturated rings. The molecule has 0 atom stereocenters.